The molecule has 0 spiro atoms. The summed E-state index contributed by atoms with van der Waals surface area (Å²) in [5, 5.41) is 19.2. The lowest BCUT2D eigenvalue weighted by atomic mass is 10.1. The van der Waals surface area contributed by atoms with Crippen molar-refractivity contribution >= 4 is 37.4 Å². The van der Waals surface area contributed by atoms with Crippen molar-refractivity contribution in [1.82, 2.24) is 9.88 Å². The Morgan fingerprint density at radius 3 is 2.38 bits per heavy atom. The average Bonchev–Trinajstić information content (AvgIpc) is 2.81. The number of fused-ring (bicyclic) bond motifs is 2. The minimum absolute atomic E-state index is 0.0219. The third-order valence-corrected chi connectivity index (χ3v) is 7.41. The lowest BCUT2D eigenvalue weighted by Crippen LogP contribution is -2.32. The molecular formula is C24H25N3O5S2. The highest BCUT2D eigenvalue weighted by molar-refractivity contribution is 7.86. The molecule has 2 aromatic carbocycles. The highest BCUT2D eigenvalue weighted by Gasteiger charge is 2.16. The van der Waals surface area contributed by atoms with Crippen LogP contribution in [0.4, 0.5) is 5.69 Å². The van der Waals surface area contributed by atoms with Gasteiger partial charge in [0.15, 0.2) is 0 Å². The lowest BCUT2D eigenvalue weighted by Gasteiger charge is -2.20. The minimum atomic E-state index is -4.45. The van der Waals surface area contributed by atoms with Gasteiger partial charge in [0.2, 0.25) is 0 Å². The van der Waals surface area contributed by atoms with Crippen LogP contribution >= 0.6 is 11.3 Å². The SMILES string of the molecule is O=S(=O)(O)c1ccccc1/N=c1\cc2sc3ccccc3nc-2cc1CCN(CCO)CCO. The van der Waals surface area contributed by atoms with Crippen LogP contribution in [0.15, 0.2) is 70.6 Å². The molecule has 3 N–H and O–H groups in total. The molecule has 0 bridgehead atoms. The normalized spacial score (nSPS) is 12.8. The Labute approximate surface area is 201 Å². The Balaban J connectivity index is 1.88. The molecule has 1 heterocycles. The molecule has 34 heavy (non-hydrogen) atoms. The summed E-state index contributed by atoms with van der Waals surface area (Å²) in [6.07, 6.45) is 0.544. The van der Waals surface area contributed by atoms with Crippen LogP contribution in [0, 0.1) is 0 Å². The maximum absolute atomic E-state index is 11.9. The molecule has 0 amide bonds. The topological polar surface area (TPSA) is 123 Å². The minimum Gasteiger partial charge on any atom is -0.395 e. The summed E-state index contributed by atoms with van der Waals surface area (Å²) >= 11 is 1.57. The molecule has 0 fully saturated rings. The number of rotatable bonds is 9. The van der Waals surface area contributed by atoms with Gasteiger partial charge >= 0.3 is 0 Å². The van der Waals surface area contributed by atoms with Crippen molar-refractivity contribution in [2.75, 3.05) is 32.8 Å². The molecule has 0 aromatic heterocycles. The van der Waals surface area contributed by atoms with Crippen molar-refractivity contribution in [1.29, 1.82) is 0 Å². The second kappa shape index (κ2) is 10.7. The van der Waals surface area contributed by atoms with Crippen molar-refractivity contribution in [2.45, 2.75) is 11.3 Å². The molecule has 8 nitrogen and oxygen atoms in total. The summed E-state index contributed by atoms with van der Waals surface area (Å²) in [5.74, 6) is 0. The summed E-state index contributed by atoms with van der Waals surface area (Å²) < 4.78 is 34.4. The number of aliphatic hydroxyl groups excluding tert-OH is 2. The highest BCUT2D eigenvalue weighted by Crippen LogP contribution is 2.30. The van der Waals surface area contributed by atoms with E-state index in [9.17, 15) is 23.2 Å². The predicted octanol–water partition coefficient (Wildman–Crippen LogP) is 2.71. The van der Waals surface area contributed by atoms with Crippen molar-refractivity contribution in [3.8, 4) is 10.6 Å². The maximum atomic E-state index is 11.9. The smallest absolute Gasteiger partial charge is 0.296 e. The van der Waals surface area contributed by atoms with Crippen LogP contribution in [0.5, 0.6) is 0 Å². The molecule has 1 aliphatic heterocycles. The van der Waals surface area contributed by atoms with Gasteiger partial charge in [0.1, 0.15) is 4.90 Å². The van der Waals surface area contributed by atoms with Crippen molar-refractivity contribution in [3.05, 3.63) is 71.6 Å². The Bertz CT molecular complexity index is 1430. The van der Waals surface area contributed by atoms with E-state index in [1.807, 2.05) is 41.3 Å². The molecule has 178 valence electrons. The first kappa shape index (κ1) is 24.4. The van der Waals surface area contributed by atoms with Gasteiger partial charge in [0.05, 0.1) is 45.0 Å². The van der Waals surface area contributed by atoms with E-state index in [-0.39, 0.29) is 23.8 Å². The fourth-order valence-corrected chi connectivity index (χ4v) is 5.36. The van der Waals surface area contributed by atoms with Crippen LogP contribution in [0.3, 0.4) is 0 Å². The number of benzene rings is 3. The van der Waals surface area contributed by atoms with E-state index in [1.165, 1.54) is 12.1 Å². The van der Waals surface area contributed by atoms with Gasteiger partial charge in [-0.2, -0.15) is 8.42 Å². The molecule has 0 radical (unpaired) electrons. The lowest BCUT2D eigenvalue weighted by molar-refractivity contribution is 0.162. The first-order valence-electron chi connectivity index (χ1n) is 10.8. The molecule has 4 rings (SSSR count). The van der Waals surface area contributed by atoms with Crippen LogP contribution in [-0.2, 0) is 16.5 Å². The summed E-state index contributed by atoms with van der Waals surface area (Å²) in [4.78, 5) is 12.0. The predicted molar refractivity (Wildman–Crippen MR) is 132 cm³/mol. The number of para-hydroxylation sites is 2. The Kier molecular flexibility index (Phi) is 7.67. The summed E-state index contributed by atoms with van der Waals surface area (Å²) in [6.45, 7) is 1.37. The van der Waals surface area contributed by atoms with Crippen LogP contribution in [-0.4, -0.2) is 65.9 Å². The number of aliphatic hydroxyl groups is 2. The van der Waals surface area contributed by atoms with E-state index in [1.54, 1.807) is 23.5 Å². The van der Waals surface area contributed by atoms with Gasteiger partial charge in [0, 0.05) is 19.6 Å². The molecular weight excluding hydrogens is 474 g/mol. The van der Waals surface area contributed by atoms with Gasteiger partial charge in [-0.1, -0.05) is 24.3 Å². The summed E-state index contributed by atoms with van der Waals surface area (Å²) in [6, 6.07) is 17.7. The number of hydrogen-bond acceptors (Lipinski definition) is 8. The second-order valence-corrected chi connectivity index (χ2v) is 10.2. The fourth-order valence-electron chi connectivity index (χ4n) is 3.75. The van der Waals surface area contributed by atoms with E-state index >= 15 is 0 Å². The van der Waals surface area contributed by atoms with Crippen molar-refractivity contribution < 1.29 is 23.2 Å². The molecule has 1 aliphatic carbocycles. The van der Waals surface area contributed by atoms with Gasteiger partial charge in [-0.05, 0) is 48.4 Å². The fraction of sp³-hybridized carbons (Fsp3) is 0.250. The van der Waals surface area contributed by atoms with Gasteiger partial charge < -0.3 is 10.2 Å². The van der Waals surface area contributed by atoms with E-state index in [0.29, 0.717) is 31.4 Å². The number of nitrogens with zero attached hydrogens (tertiary/aromatic N) is 3. The maximum Gasteiger partial charge on any atom is 0.296 e. The molecule has 0 unspecified atom stereocenters. The van der Waals surface area contributed by atoms with E-state index < -0.39 is 10.1 Å². The number of hydrogen-bond donors (Lipinski definition) is 3. The second-order valence-electron chi connectivity index (χ2n) is 7.72. The van der Waals surface area contributed by atoms with Gasteiger partial charge in [-0.25, -0.2) is 9.98 Å². The zero-order chi connectivity index (χ0) is 24.1. The summed E-state index contributed by atoms with van der Waals surface area (Å²) in [5.41, 5.74) is 2.67. The van der Waals surface area contributed by atoms with E-state index in [4.69, 9.17) is 4.98 Å². The quantitative estimate of drug-likeness (QED) is 0.239. The van der Waals surface area contributed by atoms with Crippen molar-refractivity contribution in [3.63, 3.8) is 0 Å². The van der Waals surface area contributed by atoms with E-state index in [2.05, 4.69) is 4.99 Å². The first-order chi connectivity index (χ1) is 16.4. The van der Waals surface area contributed by atoms with Gasteiger partial charge in [0.25, 0.3) is 10.1 Å². The van der Waals surface area contributed by atoms with Crippen LogP contribution < -0.4 is 5.36 Å². The first-order valence-corrected chi connectivity index (χ1v) is 13.0. The Morgan fingerprint density at radius 2 is 1.65 bits per heavy atom. The van der Waals surface area contributed by atoms with Crippen molar-refractivity contribution in [2.24, 2.45) is 4.99 Å². The summed E-state index contributed by atoms with van der Waals surface area (Å²) in [7, 11) is -4.45. The third kappa shape index (κ3) is 5.66. The average molecular weight is 500 g/mol. The molecule has 2 aromatic rings. The van der Waals surface area contributed by atoms with Gasteiger partial charge in [-0.3, -0.25) is 9.45 Å². The zero-order valence-corrected chi connectivity index (χ0v) is 20.0. The van der Waals surface area contributed by atoms with Crippen LogP contribution in [0.2, 0.25) is 0 Å². The molecule has 0 atom stereocenters. The third-order valence-electron chi connectivity index (χ3n) is 5.40. The molecule has 2 aliphatic rings. The standard InChI is InChI=1S/C24H25N3O5S2/c28-13-11-27(12-14-29)10-9-17-15-21-23(33-22-7-3-1-5-18(22)25-21)16-20(17)26-19-6-2-4-8-24(19)34(30,31)32/h1-8,15-16,28-29H,9-14H2,(H,30,31,32)/b26-20+. The molecule has 10 heteroatoms. The Morgan fingerprint density at radius 1 is 0.941 bits per heavy atom. The highest BCUT2D eigenvalue weighted by atomic mass is 32.2. The van der Waals surface area contributed by atoms with Crippen LogP contribution in [0.1, 0.15) is 5.56 Å². The molecule has 0 saturated carbocycles. The molecule has 0 saturated heterocycles. The zero-order valence-electron chi connectivity index (χ0n) is 18.3. The number of aromatic nitrogens is 1. The monoisotopic (exact) mass is 499 g/mol. The van der Waals surface area contributed by atoms with E-state index in [0.717, 1.165) is 26.4 Å². The van der Waals surface area contributed by atoms with Gasteiger partial charge in [-0.15, -0.1) is 11.3 Å². The Hall–Kier alpha value is -2.73. The van der Waals surface area contributed by atoms with Crippen LogP contribution in [0.25, 0.3) is 20.8 Å². The largest absolute Gasteiger partial charge is 0.395 e.